The van der Waals surface area contributed by atoms with Crippen LogP contribution >= 0.6 is 11.6 Å². The normalized spacial score (nSPS) is 17.5. The number of aromatic hydroxyl groups is 1. The Balaban J connectivity index is 1.67. The van der Waals surface area contributed by atoms with Crippen molar-refractivity contribution in [2.45, 2.75) is 13.0 Å². The van der Waals surface area contributed by atoms with Crippen LogP contribution in [0.2, 0.25) is 5.02 Å². The van der Waals surface area contributed by atoms with Gasteiger partial charge >= 0.3 is 0 Å². The maximum absolute atomic E-state index is 9.99. The Labute approximate surface area is 136 Å². The van der Waals surface area contributed by atoms with E-state index in [0.29, 0.717) is 11.8 Å². The molecular formula is C18H22ClN2O+. The molecule has 1 atom stereocenters. The van der Waals surface area contributed by atoms with E-state index >= 15 is 0 Å². The van der Waals surface area contributed by atoms with Crippen LogP contribution in [0.3, 0.4) is 0 Å². The van der Waals surface area contributed by atoms with Gasteiger partial charge in [-0.1, -0.05) is 41.9 Å². The molecule has 3 nitrogen and oxygen atoms in total. The molecule has 1 aliphatic rings. The highest BCUT2D eigenvalue weighted by Gasteiger charge is 2.27. The molecule has 1 saturated heterocycles. The summed E-state index contributed by atoms with van der Waals surface area (Å²) in [6, 6.07) is 16.1. The van der Waals surface area contributed by atoms with Gasteiger partial charge in [-0.15, -0.1) is 0 Å². The molecular weight excluding hydrogens is 296 g/mol. The monoisotopic (exact) mass is 317 g/mol. The van der Waals surface area contributed by atoms with Gasteiger partial charge in [0, 0.05) is 10.6 Å². The van der Waals surface area contributed by atoms with Crippen LogP contribution in [-0.2, 0) is 0 Å². The molecule has 2 N–H and O–H groups in total. The topological polar surface area (TPSA) is 27.9 Å². The molecule has 0 aromatic heterocycles. The molecule has 0 aliphatic carbocycles. The third-order valence-corrected chi connectivity index (χ3v) is 4.96. The van der Waals surface area contributed by atoms with Crippen LogP contribution in [0.4, 0.5) is 5.69 Å². The predicted molar refractivity (Wildman–Crippen MR) is 90.9 cm³/mol. The summed E-state index contributed by atoms with van der Waals surface area (Å²) in [5.41, 5.74) is 2.15. The molecule has 22 heavy (non-hydrogen) atoms. The standard InChI is InChI=1S/C18H21ClN2O/c1-14(15-6-2-3-7-16(15)19)20-10-12-21(13-11-20)17-8-4-5-9-18(17)22/h2-9,14,22H,10-13H2,1H3/p+1/t14-/m1/s1. The summed E-state index contributed by atoms with van der Waals surface area (Å²) in [6.45, 7) is 6.22. The average Bonchev–Trinajstić information content (AvgIpc) is 2.55. The van der Waals surface area contributed by atoms with Gasteiger partial charge in [-0.05, 0) is 25.1 Å². The zero-order valence-corrected chi connectivity index (χ0v) is 13.6. The van der Waals surface area contributed by atoms with Crippen molar-refractivity contribution in [3.63, 3.8) is 0 Å². The molecule has 0 amide bonds. The Morgan fingerprint density at radius 3 is 2.36 bits per heavy atom. The first-order valence-electron chi connectivity index (χ1n) is 7.79. The lowest BCUT2D eigenvalue weighted by atomic mass is 10.1. The van der Waals surface area contributed by atoms with E-state index in [-0.39, 0.29) is 0 Å². The number of benzene rings is 2. The average molecular weight is 318 g/mol. The summed E-state index contributed by atoms with van der Waals surface area (Å²) in [4.78, 5) is 3.80. The summed E-state index contributed by atoms with van der Waals surface area (Å²) in [5, 5.41) is 10.8. The first-order valence-corrected chi connectivity index (χ1v) is 8.16. The highest BCUT2D eigenvalue weighted by Crippen LogP contribution is 2.26. The molecule has 2 aromatic carbocycles. The first kappa shape index (κ1) is 15.2. The van der Waals surface area contributed by atoms with Crippen LogP contribution in [0.5, 0.6) is 5.75 Å². The van der Waals surface area contributed by atoms with Gasteiger partial charge in [0.2, 0.25) is 0 Å². The van der Waals surface area contributed by atoms with E-state index in [1.54, 1.807) is 11.0 Å². The number of nitrogens with one attached hydrogen (secondary N) is 1. The molecule has 3 rings (SSSR count). The Bertz CT molecular complexity index is 638. The second kappa shape index (κ2) is 6.59. The SMILES string of the molecule is C[C@H](c1ccccc1Cl)[NH+]1CCN(c2ccccc2O)CC1. The van der Waals surface area contributed by atoms with Gasteiger partial charge in [0.05, 0.1) is 31.9 Å². The highest BCUT2D eigenvalue weighted by atomic mass is 35.5. The van der Waals surface area contributed by atoms with Crippen molar-refractivity contribution in [3.05, 3.63) is 59.1 Å². The number of nitrogens with zero attached hydrogens (tertiary/aromatic N) is 1. The summed E-state index contributed by atoms with van der Waals surface area (Å²) >= 11 is 6.33. The smallest absolute Gasteiger partial charge is 0.138 e. The Kier molecular flexibility index (Phi) is 4.55. The molecule has 1 aliphatic heterocycles. The lowest BCUT2D eigenvalue weighted by Crippen LogP contribution is -3.14. The van der Waals surface area contributed by atoms with Crippen LogP contribution in [0, 0.1) is 0 Å². The van der Waals surface area contributed by atoms with Crippen LogP contribution in [0.25, 0.3) is 0 Å². The third kappa shape index (κ3) is 3.06. The minimum absolute atomic E-state index is 0.366. The largest absolute Gasteiger partial charge is 0.506 e. The van der Waals surface area contributed by atoms with E-state index < -0.39 is 0 Å². The van der Waals surface area contributed by atoms with E-state index in [0.717, 1.165) is 36.9 Å². The number of phenols is 1. The maximum Gasteiger partial charge on any atom is 0.138 e. The van der Waals surface area contributed by atoms with Crippen molar-refractivity contribution in [3.8, 4) is 5.75 Å². The van der Waals surface area contributed by atoms with Crippen LogP contribution in [0.15, 0.2) is 48.5 Å². The van der Waals surface area contributed by atoms with Gasteiger partial charge in [-0.25, -0.2) is 0 Å². The molecule has 0 saturated carbocycles. The van der Waals surface area contributed by atoms with Gasteiger partial charge in [0.1, 0.15) is 11.8 Å². The molecule has 2 aromatic rings. The van der Waals surface area contributed by atoms with Gasteiger partial charge in [-0.2, -0.15) is 0 Å². The number of rotatable bonds is 3. The number of para-hydroxylation sites is 2. The van der Waals surface area contributed by atoms with Crippen LogP contribution in [0.1, 0.15) is 18.5 Å². The summed E-state index contributed by atoms with van der Waals surface area (Å²) in [5.74, 6) is 0.366. The van der Waals surface area contributed by atoms with Gasteiger partial charge in [0.25, 0.3) is 0 Å². The van der Waals surface area contributed by atoms with Crippen LogP contribution < -0.4 is 9.80 Å². The lowest BCUT2D eigenvalue weighted by Gasteiger charge is -2.37. The summed E-state index contributed by atoms with van der Waals surface area (Å²) in [7, 11) is 0. The number of halogens is 1. The number of phenolic OH excluding ortho intramolecular Hbond substituents is 1. The van der Waals surface area contributed by atoms with Crippen molar-refractivity contribution in [1.82, 2.24) is 0 Å². The fourth-order valence-corrected chi connectivity index (χ4v) is 3.54. The molecule has 1 fully saturated rings. The molecule has 116 valence electrons. The van der Waals surface area contributed by atoms with Gasteiger partial charge < -0.3 is 14.9 Å². The molecule has 0 radical (unpaired) electrons. The second-order valence-electron chi connectivity index (χ2n) is 5.88. The van der Waals surface area contributed by atoms with E-state index in [9.17, 15) is 5.11 Å². The first-order chi connectivity index (χ1) is 10.7. The zero-order chi connectivity index (χ0) is 15.5. The van der Waals surface area contributed by atoms with Crippen molar-refractivity contribution >= 4 is 17.3 Å². The molecule has 1 heterocycles. The Morgan fingerprint density at radius 2 is 1.68 bits per heavy atom. The van der Waals surface area contributed by atoms with E-state index in [1.807, 2.05) is 30.3 Å². The van der Waals surface area contributed by atoms with Crippen molar-refractivity contribution in [2.75, 3.05) is 31.1 Å². The van der Waals surface area contributed by atoms with Gasteiger partial charge in [-0.3, -0.25) is 0 Å². The van der Waals surface area contributed by atoms with Crippen molar-refractivity contribution in [1.29, 1.82) is 0 Å². The zero-order valence-electron chi connectivity index (χ0n) is 12.8. The Hall–Kier alpha value is -1.71. The second-order valence-corrected chi connectivity index (χ2v) is 6.28. The number of anilines is 1. The fraction of sp³-hybridized carbons (Fsp3) is 0.333. The minimum atomic E-state index is 0.366. The summed E-state index contributed by atoms with van der Waals surface area (Å²) in [6.07, 6.45) is 0. The number of piperazine rings is 1. The van der Waals surface area contributed by atoms with Crippen molar-refractivity contribution in [2.24, 2.45) is 0 Å². The lowest BCUT2D eigenvalue weighted by molar-refractivity contribution is -0.930. The summed E-state index contributed by atoms with van der Waals surface area (Å²) < 4.78 is 0. The number of hydrogen-bond donors (Lipinski definition) is 2. The minimum Gasteiger partial charge on any atom is -0.506 e. The van der Waals surface area contributed by atoms with E-state index in [1.165, 1.54) is 5.56 Å². The fourth-order valence-electron chi connectivity index (χ4n) is 3.25. The maximum atomic E-state index is 9.99. The number of hydrogen-bond acceptors (Lipinski definition) is 2. The molecule has 0 spiro atoms. The third-order valence-electron chi connectivity index (χ3n) is 4.61. The highest BCUT2D eigenvalue weighted by molar-refractivity contribution is 6.31. The predicted octanol–water partition coefficient (Wildman–Crippen LogP) is 2.51. The quantitative estimate of drug-likeness (QED) is 0.910. The number of quaternary nitrogens is 1. The molecule has 0 bridgehead atoms. The Morgan fingerprint density at radius 1 is 1.05 bits per heavy atom. The van der Waals surface area contributed by atoms with Crippen molar-refractivity contribution < 1.29 is 10.0 Å². The molecule has 0 unspecified atom stereocenters. The molecule has 4 heteroatoms. The van der Waals surface area contributed by atoms with E-state index in [4.69, 9.17) is 11.6 Å². The van der Waals surface area contributed by atoms with Crippen LogP contribution in [-0.4, -0.2) is 31.3 Å². The van der Waals surface area contributed by atoms with Gasteiger partial charge in [0.15, 0.2) is 0 Å². The van der Waals surface area contributed by atoms with E-state index in [2.05, 4.69) is 24.0 Å².